The van der Waals surface area contributed by atoms with E-state index in [2.05, 4.69) is 35.9 Å². The number of nitrogens with two attached hydrogens (primary N) is 1. The summed E-state index contributed by atoms with van der Waals surface area (Å²) in [6, 6.07) is 10.4. The van der Waals surface area contributed by atoms with Gasteiger partial charge < -0.3 is 10.8 Å². The number of aliphatic hydroxyl groups is 1. The lowest BCUT2D eigenvalue weighted by molar-refractivity contribution is 0.187. The first kappa shape index (κ1) is 14.3. The molecule has 1 heterocycles. The van der Waals surface area contributed by atoms with Crippen LogP contribution in [0, 0.1) is 6.92 Å². The summed E-state index contributed by atoms with van der Waals surface area (Å²) in [5.74, 6) is 0. The first-order valence-corrected chi connectivity index (χ1v) is 7.54. The molecule has 0 spiro atoms. The molecule has 2 aromatic rings. The molecule has 0 bridgehead atoms. The van der Waals surface area contributed by atoms with Crippen LogP contribution in [0.25, 0.3) is 0 Å². The summed E-state index contributed by atoms with van der Waals surface area (Å²) in [5.41, 5.74) is 9.38. The van der Waals surface area contributed by atoms with Gasteiger partial charge in [-0.2, -0.15) is 11.3 Å². The van der Waals surface area contributed by atoms with Crippen molar-refractivity contribution in [2.24, 2.45) is 5.73 Å². The summed E-state index contributed by atoms with van der Waals surface area (Å²) >= 11 is 1.71. The quantitative estimate of drug-likeness (QED) is 0.851. The summed E-state index contributed by atoms with van der Waals surface area (Å²) < 4.78 is 0. The molecular weight excluding hydrogens is 254 g/mol. The van der Waals surface area contributed by atoms with Gasteiger partial charge in [-0.05, 0) is 53.3 Å². The van der Waals surface area contributed by atoms with Gasteiger partial charge in [-0.3, -0.25) is 0 Å². The fourth-order valence-corrected chi connectivity index (χ4v) is 3.27. The van der Waals surface area contributed by atoms with E-state index in [-0.39, 0.29) is 12.0 Å². The van der Waals surface area contributed by atoms with E-state index >= 15 is 0 Å². The van der Waals surface area contributed by atoms with Crippen LogP contribution >= 0.6 is 11.3 Å². The number of hydrogen-bond donors (Lipinski definition) is 2. The normalized spacial score (nSPS) is 14.3. The summed E-state index contributed by atoms with van der Waals surface area (Å²) in [6.45, 7) is 2.65. The Morgan fingerprint density at radius 2 is 2.05 bits per heavy atom. The van der Waals surface area contributed by atoms with Crippen LogP contribution in [0.4, 0.5) is 0 Å². The minimum atomic E-state index is -0.326. The van der Waals surface area contributed by atoms with Crippen LogP contribution in [-0.2, 0) is 11.8 Å². The van der Waals surface area contributed by atoms with Crippen LogP contribution in [0.3, 0.4) is 0 Å². The maximum Gasteiger partial charge on any atom is 0.0540 e. The zero-order valence-electron chi connectivity index (χ0n) is 11.3. The molecule has 0 aliphatic rings. The minimum absolute atomic E-state index is 0.0957. The molecule has 0 aliphatic carbocycles. The standard InChI is InChI=1S/C16H21NOS/c1-13-4-2-3-5-15(13)16(11-17,12-18)8-6-14-7-9-19-10-14/h2-5,7,9-10,18H,6,8,11-12,17H2,1H3. The molecule has 19 heavy (non-hydrogen) atoms. The van der Waals surface area contributed by atoms with E-state index in [0.717, 1.165) is 12.8 Å². The van der Waals surface area contributed by atoms with Crippen molar-refractivity contribution in [1.82, 2.24) is 0 Å². The third kappa shape index (κ3) is 3.06. The smallest absolute Gasteiger partial charge is 0.0540 e. The van der Waals surface area contributed by atoms with Gasteiger partial charge in [-0.25, -0.2) is 0 Å². The monoisotopic (exact) mass is 275 g/mol. The Balaban J connectivity index is 2.24. The first-order chi connectivity index (χ1) is 9.22. The van der Waals surface area contributed by atoms with Crippen molar-refractivity contribution in [2.45, 2.75) is 25.2 Å². The average molecular weight is 275 g/mol. The first-order valence-electron chi connectivity index (χ1n) is 6.60. The van der Waals surface area contributed by atoms with Crippen molar-refractivity contribution in [3.8, 4) is 0 Å². The molecule has 1 aromatic heterocycles. The van der Waals surface area contributed by atoms with Gasteiger partial charge in [0.15, 0.2) is 0 Å². The van der Waals surface area contributed by atoms with Gasteiger partial charge in [-0.1, -0.05) is 24.3 Å². The van der Waals surface area contributed by atoms with Crippen LogP contribution in [0.15, 0.2) is 41.1 Å². The SMILES string of the molecule is Cc1ccccc1C(CN)(CO)CCc1ccsc1. The molecule has 0 saturated carbocycles. The van der Waals surface area contributed by atoms with E-state index in [9.17, 15) is 5.11 Å². The second-order valence-corrected chi connectivity index (χ2v) is 5.87. The van der Waals surface area contributed by atoms with Crippen molar-refractivity contribution < 1.29 is 5.11 Å². The van der Waals surface area contributed by atoms with E-state index in [1.165, 1.54) is 16.7 Å². The molecule has 3 heteroatoms. The highest BCUT2D eigenvalue weighted by Crippen LogP contribution is 2.31. The lowest BCUT2D eigenvalue weighted by atomic mass is 9.75. The highest BCUT2D eigenvalue weighted by molar-refractivity contribution is 7.07. The fraction of sp³-hybridized carbons (Fsp3) is 0.375. The van der Waals surface area contributed by atoms with Crippen molar-refractivity contribution >= 4 is 11.3 Å². The number of rotatable bonds is 6. The van der Waals surface area contributed by atoms with E-state index in [4.69, 9.17) is 5.73 Å². The summed E-state index contributed by atoms with van der Waals surface area (Å²) in [7, 11) is 0. The van der Waals surface area contributed by atoms with E-state index in [1.807, 2.05) is 12.1 Å². The molecule has 2 rings (SSSR count). The fourth-order valence-electron chi connectivity index (χ4n) is 2.56. The maximum absolute atomic E-state index is 9.91. The molecule has 0 radical (unpaired) electrons. The Bertz CT molecular complexity index is 503. The number of aliphatic hydroxyl groups excluding tert-OH is 1. The molecule has 1 atom stereocenters. The maximum atomic E-state index is 9.91. The van der Waals surface area contributed by atoms with E-state index < -0.39 is 0 Å². The van der Waals surface area contributed by atoms with Crippen molar-refractivity contribution in [3.05, 3.63) is 57.8 Å². The molecule has 1 unspecified atom stereocenters. The Hall–Kier alpha value is -1.16. The molecular formula is C16H21NOS. The zero-order valence-corrected chi connectivity index (χ0v) is 12.1. The van der Waals surface area contributed by atoms with Crippen molar-refractivity contribution in [3.63, 3.8) is 0 Å². The number of aryl methyl sites for hydroxylation is 2. The van der Waals surface area contributed by atoms with Crippen molar-refractivity contribution in [2.75, 3.05) is 13.2 Å². The molecule has 3 N–H and O–H groups in total. The Labute approximate surface area is 118 Å². The molecule has 0 fully saturated rings. The summed E-state index contributed by atoms with van der Waals surface area (Å²) in [4.78, 5) is 0. The predicted octanol–water partition coefficient (Wildman–Crippen LogP) is 2.88. The van der Waals surface area contributed by atoms with Gasteiger partial charge in [0.2, 0.25) is 0 Å². The largest absolute Gasteiger partial charge is 0.395 e. The third-order valence-electron chi connectivity index (χ3n) is 3.88. The Kier molecular flexibility index (Phi) is 4.75. The number of hydrogen-bond acceptors (Lipinski definition) is 3. The molecule has 102 valence electrons. The highest BCUT2D eigenvalue weighted by atomic mass is 32.1. The minimum Gasteiger partial charge on any atom is -0.395 e. The third-order valence-corrected chi connectivity index (χ3v) is 4.61. The Morgan fingerprint density at radius 3 is 2.63 bits per heavy atom. The number of benzene rings is 1. The van der Waals surface area contributed by atoms with E-state index in [1.54, 1.807) is 11.3 Å². The Morgan fingerprint density at radius 1 is 1.26 bits per heavy atom. The average Bonchev–Trinajstić information content (AvgIpc) is 2.95. The van der Waals surface area contributed by atoms with Gasteiger partial charge in [-0.15, -0.1) is 0 Å². The molecule has 0 aliphatic heterocycles. The van der Waals surface area contributed by atoms with Gasteiger partial charge in [0.25, 0.3) is 0 Å². The topological polar surface area (TPSA) is 46.2 Å². The second-order valence-electron chi connectivity index (χ2n) is 5.09. The summed E-state index contributed by atoms with van der Waals surface area (Å²) in [6.07, 6.45) is 1.83. The molecule has 0 saturated heterocycles. The van der Waals surface area contributed by atoms with Gasteiger partial charge >= 0.3 is 0 Å². The van der Waals surface area contributed by atoms with E-state index in [0.29, 0.717) is 6.54 Å². The van der Waals surface area contributed by atoms with Gasteiger partial charge in [0, 0.05) is 12.0 Å². The van der Waals surface area contributed by atoms with Crippen molar-refractivity contribution in [1.29, 1.82) is 0 Å². The van der Waals surface area contributed by atoms with Gasteiger partial charge in [0.05, 0.1) is 6.61 Å². The zero-order chi connectivity index (χ0) is 13.7. The van der Waals surface area contributed by atoms with Crippen LogP contribution in [0.1, 0.15) is 23.1 Å². The predicted molar refractivity (Wildman–Crippen MR) is 81.6 cm³/mol. The number of thiophene rings is 1. The highest BCUT2D eigenvalue weighted by Gasteiger charge is 2.31. The molecule has 2 nitrogen and oxygen atoms in total. The lowest BCUT2D eigenvalue weighted by Gasteiger charge is -2.32. The van der Waals surface area contributed by atoms with Crippen LogP contribution in [0.2, 0.25) is 0 Å². The molecule has 0 amide bonds. The van der Waals surface area contributed by atoms with Gasteiger partial charge in [0.1, 0.15) is 0 Å². The molecule has 1 aromatic carbocycles. The van der Waals surface area contributed by atoms with Crippen LogP contribution in [0.5, 0.6) is 0 Å². The van der Waals surface area contributed by atoms with Crippen LogP contribution in [-0.4, -0.2) is 18.3 Å². The summed E-state index contributed by atoms with van der Waals surface area (Å²) in [5, 5.41) is 14.2. The van der Waals surface area contributed by atoms with Crippen LogP contribution < -0.4 is 5.73 Å². The second kappa shape index (κ2) is 6.33. The lowest BCUT2D eigenvalue weighted by Crippen LogP contribution is -2.40.